The summed E-state index contributed by atoms with van der Waals surface area (Å²) < 4.78 is 29.7. The van der Waals surface area contributed by atoms with E-state index in [9.17, 15) is 18.3 Å². The molecule has 1 aromatic heterocycles. The lowest BCUT2D eigenvalue weighted by Gasteiger charge is -2.26. The number of aliphatic hydroxyl groups is 1. The molecule has 2 N–H and O–H groups in total. The summed E-state index contributed by atoms with van der Waals surface area (Å²) in [5.41, 5.74) is -1.24. The van der Waals surface area contributed by atoms with E-state index < -0.39 is 21.3 Å². The molecule has 3 rings (SSSR count). The van der Waals surface area contributed by atoms with E-state index in [4.69, 9.17) is 4.42 Å². The van der Waals surface area contributed by atoms with Crippen LogP contribution in [0.1, 0.15) is 25.0 Å². The number of carbonyl (C=O) groups excluding carboxylic acids is 1. The van der Waals surface area contributed by atoms with Gasteiger partial charge in [0.25, 0.3) is 0 Å². The first-order chi connectivity index (χ1) is 11.9. The van der Waals surface area contributed by atoms with Gasteiger partial charge in [-0.3, -0.25) is 4.79 Å². The zero-order chi connectivity index (χ0) is 17.9. The maximum absolute atomic E-state index is 12.2. The van der Waals surface area contributed by atoms with Gasteiger partial charge >= 0.3 is 0 Å². The van der Waals surface area contributed by atoms with Gasteiger partial charge in [0.05, 0.1) is 23.5 Å². The van der Waals surface area contributed by atoms with Gasteiger partial charge in [-0.2, -0.15) is 0 Å². The molecule has 1 heterocycles. The second-order valence-electron chi connectivity index (χ2n) is 6.33. The number of benzene rings is 1. The lowest BCUT2D eigenvalue weighted by Crippen LogP contribution is -2.42. The molecule has 134 valence electrons. The van der Waals surface area contributed by atoms with Gasteiger partial charge in [-0.25, -0.2) is 8.42 Å². The molecule has 1 aliphatic carbocycles. The van der Waals surface area contributed by atoms with Crippen LogP contribution < -0.4 is 5.32 Å². The average Bonchev–Trinajstić information content (AvgIpc) is 3.33. The molecule has 0 unspecified atom stereocenters. The quantitative estimate of drug-likeness (QED) is 0.746. The van der Waals surface area contributed by atoms with Crippen LogP contribution in [0.15, 0.2) is 58.0 Å². The maximum Gasteiger partial charge on any atom is 0.221 e. The highest BCUT2D eigenvalue weighted by atomic mass is 32.2. The Morgan fingerprint density at radius 1 is 1.20 bits per heavy atom. The molecule has 0 bridgehead atoms. The first-order valence-corrected chi connectivity index (χ1v) is 9.88. The second kappa shape index (κ2) is 7.01. The third-order valence-corrected chi connectivity index (χ3v) is 6.19. The van der Waals surface area contributed by atoms with E-state index in [1.54, 1.807) is 30.3 Å². The number of hydrogen-bond acceptors (Lipinski definition) is 5. The van der Waals surface area contributed by atoms with Gasteiger partial charge in [-0.15, -0.1) is 0 Å². The Labute approximate surface area is 146 Å². The van der Waals surface area contributed by atoms with Crippen molar-refractivity contribution in [2.24, 2.45) is 5.92 Å². The number of furan rings is 1. The predicted octanol–water partition coefficient (Wildman–Crippen LogP) is 1.86. The van der Waals surface area contributed by atoms with Crippen LogP contribution in [0.5, 0.6) is 0 Å². The summed E-state index contributed by atoms with van der Waals surface area (Å²) in [6.45, 7) is 0.00932. The summed E-state index contributed by atoms with van der Waals surface area (Å²) in [6, 6.07) is 11.4. The molecule has 25 heavy (non-hydrogen) atoms. The summed E-state index contributed by atoms with van der Waals surface area (Å²) in [5.74, 6) is -0.213. The van der Waals surface area contributed by atoms with Crippen molar-refractivity contribution in [3.63, 3.8) is 0 Å². The number of hydrogen-bond donors (Lipinski definition) is 2. The number of sulfone groups is 1. The summed E-state index contributed by atoms with van der Waals surface area (Å²) >= 11 is 0. The van der Waals surface area contributed by atoms with Crippen molar-refractivity contribution >= 4 is 15.7 Å². The largest absolute Gasteiger partial charge is 0.466 e. The molecule has 0 aliphatic heterocycles. The topological polar surface area (TPSA) is 96.6 Å². The fourth-order valence-corrected chi connectivity index (χ4v) is 4.07. The summed E-state index contributed by atoms with van der Waals surface area (Å²) in [4.78, 5) is 12.3. The van der Waals surface area contributed by atoms with Crippen molar-refractivity contribution in [3.8, 4) is 0 Å². The molecule has 1 amide bonds. The molecule has 2 aromatic rings. The van der Waals surface area contributed by atoms with Gasteiger partial charge in [0, 0.05) is 6.42 Å². The van der Waals surface area contributed by atoms with Gasteiger partial charge in [0.2, 0.25) is 5.91 Å². The van der Waals surface area contributed by atoms with Gasteiger partial charge in [0.1, 0.15) is 11.4 Å². The van der Waals surface area contributed by atoms with Crippen LogP contribution in [0, 0.1) is 5.92 Å². The Kier molecular flexibility index (Phi) is 4.96. The van der Waals surface area contributed by atoms with E-state index in [0.717, 1.165) is 12.8 Å². The minimum absolute atomic E-state index is 0.00932. The van der Waals surface area contributed by atoms with Crippen molar-refractivity contribution < 1.29 is 22.7 Å². The van der Waals surface area contributed by atoms with E-state index in [-0.39, 0.29) is 29.5 Å². The van der Waals surface area contributed by atoms with E-state index in [0.29, 0.717) is 5.76 Å². The van der Waals surface area contributed by atoms with Crippen LogP contribution in [0.2, 0.25) is 0 Å². The number of amides is 1. The Hall–Kier alpha value is -2.12. The van der Waals surface area contributed by atoms with E-state index in [1.807, 2.05) is 0 Å². The number of rotatable bonds is 8. The van der Waals surface area contributed by atoms with E-state index >= 15 is 0 Å². The Morgan fingerprint density at radius 2 is 1.92 bits per heavy atom. The van der Waals surface area contributed by atoms with Crippen molar-refractivity contribution in [2.45, 2.75) is 29.8 Å². The molecule has 7 heteroatoms. The molecule has 1 saturated carbocycles. The lowest BCUT2D eigenvalue weighted by atomic mass is 9.94. The van der Waals surface area contributed by atoms with Gasteiger partial charge < -0.3 is 14.8 Å². The predicted molar refractivity (Wildman–Crippen MR) is 91.5 cm³/mol. The van der Waals surface area contributed by atoms with Crippen LogP contribution in [0.4, 0.5) is 0 Å². The smallest absolute Gasteiger partial charge is 0.221 e. The Balaban J connectivity index is 1.56. The van der Waals surface area contributed by atoms with Crippen LogP contribution in [-0.2, 0) is 20.2 Å². The molecule has 1 aliphatic rings. The highest BCUT2D eigenvalue weighted by Gasteiger charge is 2.47. The Bertz CT molecular complexity index is 812. The first-order valence-electron chi connectivity index (χ1n) is 8.23. The van der Waals surface area contributed by atoms with Crippen LogP contribution in [0.3, 0.4) is 0 Å². The zero-order valence-corrected chi connectivity index (χ0v) is 14.5. The van der Waals surface area contributed by atoms with Crippen LogP contribution in [0.25, 0.3) is 0 Å². The van der Waals surface area contributed by atoms with Crippen molar-refractivity contribution in [2.75, 3.05) is 12.3 Å². The fourth-order valence-electron chi connectivity index (χ4n) is 2.81. The fraction of sp³-hybridized carbons (Fsp3) is 0.389. The summed E-state index contributed by atoms with van der Waals surface area (Å²) in [6.07, 6.45) is 3.07. The SMILES string of the molecule is O=C(CCS(=O)(=O)c1ccccc1)NC[C@](O)(c1ccco1)C1CC1. The van der Waals surface area contributed by atoms with Crippen LogP contribution >= 0.6 is 0 Å². The van der Waals surface area contributed by atoms with Crippen molar-refractivity contribution in [3.05, 3.63) is 54.5 Å². The maximum atomic E-state index is 12.2. The summed E-state index contributed by atoms with van der Waals surface area (Å²) in [5, 5.41) is 13.5. The van der Waals surface area contributed by atoms with Crippen molar-refractivity contribution in [1.29, 1.82) is 0 Å². The molecule has 0 radical (unpaired) electrons. The molecule has 1 fully saturated rings. The molecule has 1 aromatic carbocycles. The average molecular weight is 363 g/mol. The minimum Gasteiger partial charge on any atom is -0.466 e. The highest BCUT2D eigenvalue weighted by molar-refractivity contribution is 7.91. The molecule has 1 atom stereocenters. The number of carbonyl (C=O) groups is 1. The number of nitrogens with one attached hydrogen (secondary N) is 1. The van der Waals surface area contributed by atoms with Crippen molar-refractivity contribution in [1.82, 2.24) is 5.32 Å². The molecule has 6 nitrogen and oxygen atoms in total. The highest BCUT2D eigenvalue weighted by Crippen LogP contribution is 2.45. The minimum atomic E-state index is -3.50. The Morgan fingerprint density at radius 3 is 2.52 bits per heavy atom. The zero-order valence-electron chi connectivity index (χ0n) is 13.7. The monoisotopic (exact) mass is 363 g/mol. The molecular weight excluding hydrogens is 342 g/mol. The van der Waals surface area contributed by atoms with Gasteiger partial charge in [-0.1, -0.05) is 18.2 Å². The molecule has 0 spiro atoms. The van der Waals surface area contributed by atoms with Gasteiger partial charge in [-0.05, 0) is 43.0 Å². The lowest BCUT2D eigenvalue weighted by molar-refractivity contribution is -0.122. The third kappa shape index (κ3) is 4.11. The molecular formula is C18H21NO5S. The third-order valence-electron chi connectivity index (χ3n) is 4.46. The van der Waals surface area contributed by atoms with E-state index in [1.165, 1.54) is 18.4 Å². The second-order valence-corrected chi connectivity index (χ2v) is 8.44. The summed E-state index contributed by atoms with van der Waals surface area (Å²) in [7, 11) is -3.50. The van der Waals surface area contributed by atoms with Gasteiger partial charge in [0.15, 0.2) is 9.84 Å². The molecule has 0 saturated heterocycles. The first kappa shape index (κ1) is 17.7. The van der Waals surface area contributed by atoms with Crippen LogP contribution in [-0.4, -0.2) is 31.7 Å². The normalized spacial score (nSPS) is 17.0. The van der Waals surface area contributed by atoms with E-state index in [2.05, 4.69) is 5.32 Å². The standard InChI is InChI=1S/C18H21NO5S/c20-17(10-12-25(22,23)15-5-2-1-3-6-15)19-13-18(21,14-8-9-14)16-7-4-11-24-16/h1-7,11,14,21H,8-10,12-13H2,(H,19,20)/t18-/m1/s1.